The zero-order chi connectivity index (χ0) is 31.3. The van der Waals surface area contributed by atoms with Gasteiger partial charge in [-0.05, 0) is 150 Å². The molecule has 44 heavy (non-hydrogen) atoms. The number of rotatable bonds is 7. The van der Waals surface area contributed by atoms with Gasteiger partial charge in [0.1, 0.15) is 29.4 Å². The van der Waals surface area contributed by atoms with Gasteiger partial charge in [-0.15, -0.1) is 11.3 Å². The van der Waals surface area contributed by atoms with Crippen molar-refractivity contribution in [1.29, 1.82) is 15.8 Å². The summed E-state index contributed by atoms with van der Waals surface area (Å²) >= 11 is 6.27. The third-order valence-electron chi connectivity index (χ3n) is 6.89. The number of anilines is 3. The van der Waals surface area contributed by atoms with Crippen molar-refractivity contribution >= 4 is 91.8 Å². The first-order valence-electron chi connectivity index (χ1n) is 13.5. The largest absolute Gasteiger partial charge is 0.480 e. The molecule has 0 radical (unpaired) electrons. The van der Waals surface area contributed by atoms with E-state index >= 15 is 0 Å². The first kappa shape index (κ1) is 31.3. The van der Waals surface area contributed by atoms with E-state index in [1.165, 1.54) is 7.14 Å². The maximum atomic E-state index is 9.76. The summed E-state index contributed by atoms with van der Waals surface area (Å²) in [5.74, 6) is 0.0446. The van der Waals surface area contributed by atoms with Gasteiger partial charge in [-0.3, -0.25) is 0 Å². The van der Waals surface area contributed by atoms with Gasteiger partial charge in [0.15, 0.2) is 11.3 Å². The smallest absolute Gasteiger partial charge is 0.172 e. The van der Waals surface area contributed by atoms with Gasteiger partial charge in [-0.2, -0.15) is 15.8 Å². The molecule has 0 saturated carbocycles. The van der Waals surface area contributed by atoms with Crippen molar-refractivity contribution in [2.24, 2.45) is 0 Å². The molecule has 1 aliphatic heterocycles. The fraction of sp³-hybridized carbons (Fsp3) is 0.0833. The monoisotopic (exact) mass is 814 g/mol. The van der Waals surface area contributed by atoms with E-state index in [2.05, 4.69) is 147 Å². The molecule has 0 N–H and O–H groups in total. The highest BCUT2D eigenvalue weighted by atomic mass is 127. The van der Waals surface area contributed by atoms with Gasteiger partial charge >= 0.3 is 0 Å². The van der Waals surface area contributed by atoms with Crippen molar-refractivity contribution in [3.05, 3.63) is 136 Å². The summed E-state index contributed by atoms with van der Waals surface area (Å²) in [6, 6.07) is 35.4. The first-order chi connectivity index (χ1) is 21.2. The topological polar surface area (TPSA) is 83.8 Å². The Hall–Kier alpha value is -4.15. The number of nitrogens with zero attached hydrogens (tertiary/aromatic N) is 4. The minimum atomic E-state index is -0.837. The molecule has 0 amide bonds. The van der Waals surface area contributed by atoms with Crippen LogP contribution in [0.1, 0.15) is 29.2 Å². The molecular formula is C36H24I2N4OS. The van der Waals surface area contributed by atoms with E-state index in [-0.39, 0.29) is 16.9 Å². The summed E-state index contributed by atoms with van der Waals surface area (Å²) in [6.45, 7) is 3.63. The van der Waals surface area contributed by atoms with E-state index < -0.39 is 5.60 Å². The molecule has 0 saturated heterocycles. The van der Waals surface area contributed by atoms with Crippen molar-refractivity contribution in [3.63, 3.8) is 0 Å². The molecule has 0 aliphatic carbocycles. The number of halogens is 2. The van der Waals surface area contributed by atoms with E-state index in [1.807, 2.05) is 44.2 Å². The standard InChI is InChI=1S/C36H24I2N4OS/c1-36(2)34(33(23-41)35(43-36)25(21-39)22-40)20-19-32-18-17-31(44-32)16-5-24-3-10-28(11-4-24)42(29-12-6-26(37)7-13-29)30-14-8-27(38)9-15-30/h3-20H,1-2H3/b16-5+,20-19+. The van der Waals surface area contributed by atoms with Crippen LogP contribution in [0, 0.1) is 41.1 Å². The molecule has 0 bridgehead atoms. The lowest BCUT2D eigenvalue weighted by atomic mass is 9.94. The van der Waals surface area contributed by atoms with Crippen LogP contribution in [0.25, 0.3) is 18.2 Å². The number of hydrogen-bond donors (Lipinski definition) is 0. The Balaban J connectivity index is 1.35. The molecular weight excluding hydrogens is 790 g/mol. The van der Waals surface area contributed by atoms with Gasteiger partial charge in [0.05, 0.1) is 0 Å². The van der Waals surface area contributed by atoms with Crippen LogP contribution in [-0.2, 0) is 4.74 Å². The Kier molecular flexibility index (Phi) is 9.71. The normalized spacial score (nSPS) is 13.9. The summed E-state index contributed by atoms with van der Waals surface area (Å²) in [7, 11) is 0. The molecule has 3 aromatic carbocycles. The first-order valence-corrected chi connectivity index (χ1v) is 16.5. The Labute approximate surface area is 288 Å². The van der Waals surface area contributed by atoms with Gasteiger partial charge in [0, 0.05) is 39.5 Å². The van der Waals surface area contributed by atoms with Crippen LogP contribution in [0.5, 0.6) is 0 Å². The second-order valence-electron chi connectivity index (χ2n) is 10.2. The Morgan fingerprint density at radius 3 is 1.66 bits per heavy atom. The molecule has 0 fully saturated rings. The van der Waals surface area contributed by atoms with Crippen molar-refractivity contribution < 1.29 is 4.74 Å². The molecule has 2 heterocycles. The van der Waals surface area contributed by atoms with Gasteiger partial charge in [0.25, 0.3) is 0 Å². The zero-order valence-electron chi connectivity index (χ0n) is 23.8. The molecule has 214 valence electrons. The van der Waals surface area contributed by atoms with Crippen LogP contribution < -0.4 is 4.90 Å². The van der Waals surface area contributed by atoms with Crippen LogP contribution in [-0.4, -0.2) is 5.60 Å². The molecule has 1 aromatic heterocycles. The van der Waals surface area contributed by atoms with Crippen LogP contribution in [0.2, 0.25) is 0 Å². The third kappa shape index (κ3) is 6.97. The fourth-order valence-electron chi connectivity index (χ4n) is 4.74. The van der Waals surface area contributed by atoms with Gasteiger partial charge < -0.3 is 9.64 Å². The van der Waals surface area contributed by atoms with Gasteiger partial charge in [-0.25, -0.2) is 0 Å². The van der Waals surface area contributed by atoms with Crippen LogP contribution in [0.3, 0.4) is 0 Å². The second-order valence-corrected chi connectivity index (χ2v) is 13.9. The lowest BCUT2D eigenvalue weighted by Gasteiger charge is -2.25. The van der Waals surface area contributed by atoms with Crippen LogP contribution in [0.4, 0.5) is 17.1 Å². The number of benzene rings is 3. The van der Waals surface area contributed by atoms with E-state index in [0.717, 1.165) is 32.4 Å². The highest BCUT2D eigenvalue weighted by Crippen LogP contribution is 2.41. The Morgan fingerprint density at radius 1 is 0.705 bits per heavy atom. The quantitative estimate of drug-likeness (QED) is 0.137. The highest BCUT2D eigenvalue weighted by molar-refractivity contribution is 14.1. The molecule has 5 rings (SSSR count). The Bertz CT molecular complexity index is 1880. The molecule has 0 spiro atoms. The molecule has 1 aliphatic rings. The second kappa shape index (κ2) is 13.7. The third-order valence-corrected chi connectivity index (χ3v) is 9.34. The van der Waals surface area contributed by atoms with Gasteiger partial charge in [0.2, 0.25) is 0 Å². The average Bonchev–Trinajstić information content (AvgIpc) is 3.58. The van der Waals surface area contributed by atoms with Crippen LogP contribution >= 0.6 is 56.5 Å². The number of hydrogen-bond acceptors (Lipinski definition) is 6. The number of allylic oxidation sites excluding steroid dienone is 2. The maximum Gasteiger partial charge on any atom is 0.172 e. The molecule has 4 aromatic rings. The predicted octanol–water partition coefficient (Wildman–Crippen LogP) is 10.5. The Morgan fingerprint density at radius 2 is 1.18 bits per heavy atom. The summed E-state index contributed by atoms with van der Waals surface area (Å²) < 4.78 is 8.23. The molecule has 5 nitrogen and oxygen atoms in total. The number of ether oxygens (including phenoxy) is 1. The maximum absolute atomic E-state index is 9.76. The minimum Gasteiger partial charge on any atom is -0.480 e. The van der Waals surface area contributed by atoms with Crippen molar-refractivity contribution in [3.8, 4) is 18.2 Å². The minimum absolute atomic E-state index is 0.0446. The summed E-state index contributed by atoms with van der Waals surface area (Å²) in [5, 5.41) is 28.3. The van der Waals surface area contributed by atoms with E-state index in [1.54, 1.807) is 11.3 Å². The lowest BCUT2D eigenvalue weighted by molar-refractivity contribution is 0.0954. The van der Waals surface area contributed by atoms with Crippen molar-refractivity contribution in [1.82, 2.24) is 0 Å². The van der Waals surface area contributed by atoms with E-state index in [9.17, 15) is 15.8 Å². The van der Waals surface area contributed by atoms with Crippen molar-refractivity contribution in [2.45, 2.75) is 19.4 Å². The summed E-state index contributed by atoms with van der Waals surface area (Å²) in [5.41, 5.74) is 4.17. The predicted molar refractivity (Wildman–Crippen MR) is 195 cm³/mol. The average molecular weight is 814 g/mol. The van der Waals surface area contributed by atoms with Crippen molar-refractivity contribution in [2.75, 3.05) is 4.90 Å². The highest BCUT2D eigenvalue weighted by Gasteiger charge is 2.38. The number of nitriles is 3. The summed E-state index contributed by atoms with van der Waals surface area (Å²) in [4.78, 5) is 4.34. The van der Waals surface area contributed by atoms with E-state index in [0.29, 0.717) is 5.57 Å². The lowest BCUT2D eigenvalue weighted by Crippen LogP contribution is -2.20. The molecule has 8 heteroatoms. The van der Waals surface area contributed by atoms with E-state index in [4.69, 9.17) is 4.74 Å². The van der Waals surface area contributed by atoms with Crippen LogP contribution in [0.15, 0.2) is 113 Å². The van der Waals surface area contributed by atoms with Gasteiger partial charge in [-0.1, -0.05) is 24.3 Å². The molecule has 0 unspecified atom stereocenters. The number of thiophene rings is 1. The summed E-state index contributed by atoms with van der Waals surface area (Å²) in [6.07, 6.45) is 7.95. The SMILES string of the molecule is CC1(C)OC(=C(C#N)C#N)C(C#N)=C1/C=C/c1ccc(/C=C/c2ccc(N(c3ccc(I)cc3)c3ccc(I)cc3)cc2)s1. The molecule has 0 atom stereocenters. The fourth-order valence-corrected chi connectivity index (χ4v) is 6.27. The zero-order valence-corrected chi connectivity index (χ0v) is 28.9.